The number of nitrogens with one attached hydrogen (secondary N) is 2. The first-order chi connectivity index (χ1) is 7.30. The topological polar surface area (TPSA) is 133 Å². The highest BCUT2D eigenvalue weighted by Gasteiger charge is 2.31. The summed E-state index contributed by atoms with van der Waals surface area (Å²) in [5.74, 6) is -2.91. The molecule has 0 bridgehead atoms. The second-order valence-corrected chi connectivity index (χ2v) is 4.98. The minimum atomic E-state index is -3.95. The Labute approximate surface area is 91.8 Å². The lowest BCUT2D eigenvalue weighted by molar-refractivity contribution is -0.145. The standard InChI is InChI=1S/C7H12N2O6S/c10-6(11)3-5(7(12)13)9-16(14,15)8-4-1-2-4/h4-5,8-9H,1-3H2,(H,10,11)(H,12,13). The number of hydrogen-bond acceptors (Lipinski definition) is 4. The minimum Gasteiger partial charge on any atom is -0.481 e. The van der Waals surface area contributed by atoms with E-state index in [2.05, 4.69) is 4.72 Å². The molecule has 16 heavy (non-hydrogen) atoms. The molecule has 0 aromatic carbocycles. The van der Waals surface area contributed by atoms with E-state index < -0.39 is 34.6 Å². The van der Waals surface area contributed by atoms with Crippen molar-refractivity contribution in [2.45, 2.75) is 31.3 Å². The van der Waals surface area contributed by atoms with Crippen molar-refractivity contribution in [3.63, 3.8) is 0 Å². The molecule has 1 aliphatic rings. The largest absolute Gasteiger partial charge is 0.481 e. The molecule has 0 heterocycles. The highest BCUT2D eigenvalue weighted by atomic mass is 32.2. The number of carboxylic acids is 2. The lowest BCUT2D eigenvalue weighted by Crippen LogP contribution is -2.47. The van der Waals surface area contributed by atoms with Crippen LogP contribution in [0.1, 0.15) is 19.3 Å². The van der Waals surface area contributed by atoms with Crippen molar-refractivity contribution in [3.05, 3.63) is 0 Å². The molecule has 1 rings (SSSR count). The van der Waals surface area contributed by atoms with Crippen LogP contribution in [-0.4, -0.2) is 42.7 Å². The molecule has 1 atom stereocenters. The number of rotatable bonds is 7. The molecule has 1 saturated carbocycles. The van der Waals surface area contributed by atoms with Gasteiger partial charge in [-0.15, -0.1) is 0 Å². The molecule has 1 fully saturated rings. The van der Waals surface area contributed by atoms with Crippen molar-refractivity contribution in [2.75, 3.05) is 0 Å². The molecule has 0 spiro atoms. The first-order valence-electron chi connectivity index (χ1n) is 4.54. The summed E-state index contributed by atoms with van der Waals surface area (Å²) in [7, 11) is -3.95. The van der Waals surface area contributed by atoms with E-state index in [0.29, 0.717) is 12.8 Å². The van der Waals surface area contributed by atoms with Crippen molar-refractivity contribution >= 4 is 22.1 Å². The van der Waals surface area contributed by atoms with Gasteiger partial charge >= 0.3 is 11.9 Å². The molecule has 9 heteroatoms. The molecule has 0 aromatic rings. The van der Waals surface area contributed by atoms with E-state index in [1.807, 2.05) is 0 Å². The van der Waals surface area contributed by atoms with E-state index in [-0.39, 0.29) is 6.04 Å². The molecule has 1 unspecified atom stereocenters. The SMILES string of the molecule is O=C(O)CC(NS(=O)(=O)NC1CC1)C(=O)O. The molecular weight excluding hydrogens is 240 g/mol. The third-order valence-electron chi connectivity index (χ3n) is 1.87. The second kappa shape index (κ2) is 4.76. The summed E-state index contributed by atoms with van der Waals surface area (Å²) in [5, 5.41) is 17.0. The van der Waals surface area contributed by atoms with Crippen LogP contribution in [0.3, 0.4) is 0 Å². The van der Waals surface area contributed by atoms with E-state index >= 15 is 0 Å². The van der Waals surface area contributed by atoms with E-state index in [0.717, 1.165) is 0 Å². The quantitative estimate of drug-likeness (QED) is 0.436. The van der Waals surface area contributed by atoms with Gasteiger partial charge < -0.3 is 10.2 Å². The predicted octanol–water partition coefficient (Wildman–Crippen LogP) is -1.50. The number of carboxylic acid groups (broad SMARTS) is 2. The molecule has 1 aliphatic carbocycles. The summed E-state index contributed by atoms with van der Waals surface area (Å²) in [6.45, 7) is 0. The Morgan fingerprint density at radius 2 is 1.88 bits per heavy atom. The summed E-state index contributed by atoms with van der Waals surface area (Å²) >= 11 is 0. The van der Waals surface area contributed by atoms with Gasteiger partial charge in [-0.2, -0.15) is 17.9 Å². The maximum absolute atomic E-state index is 11.3. The fraction of sp³-hybridized carbons (Fsp3) is 0.714. The first-order valence-corrected chi connectivity index (χ1v) is 6.02. The summed E-state index contributed by atoms with van der Waals surface area (Å²) in [4.78, 5) is 20.9. The van der Waals surface area contributed by atoms with Gasteiger partial charge in [-0.25, -0.2) is 0 Å². The fourth-order valence-electron chi connectivity index (χ4n) is 0.996. The van der Waals surface area contributed by atoms with E-state index in [1.54, 1.807) is 4.72 Å². The maximum Gasteiger partial charge on any atom is 0.322 e. The van der Waals surface area contributed by atoms with Gasteiger partial charge in [0, 0.05) is 6.04 Å². The average Bonchev–Trinajstić information content (AvgIpc) is 2.84. The van der Waals surface area contributed by atoms with Crippen molar-refractivity contribution in [1.82, 2.24) is 9.44 Å². The molecule has 0 radical (unpaired) electrons. The van der Waals surface area contributed by atoms with Gasteiger partial charge in [-0.3, -0.25) is 9.59 Å². The molecule has 8 nitrogen and oxygen atoms in total. The average molecular weight is 252 g/mol. The van der Waals surface area contributed by atoms with Gasteiger partial charge in [0.1, 0.15) is 6.04 Å². The van der Waals surface area contributed by atoms with Crippen LogP contribution in [0.15, 0.2) is 0 Å². The Morgan fingerprint density at radius 1 is 1.31 bits per heavy atom. The second-order valence-electron chi connectivity index (χ2n) is 3.50. The smallest absolute Gasteiger partial charge is 0.322 e. The zero-order chi connectivity index (χ0) is 12.3. The van der Waals surface area contributed by atoms with Crippen LogP contribution in [0.25, 0.3) is 0 Å². The van der Waals surface area contributed by atoms with Gasteiger partial charge in [0.05, 0.1) is 6.42 Å². The predicted molar refractivity (Wildman–Crippen MR) is 51.9 cm³/mol. The van der Waals surface area contributed by atoms with Gasteiger partial charge in [-0.05, 0) is 12.8 Å². The van der Waals surface area contributed by atoms with Gasteiger partial charge in [0.25, 0.3) is 10.2 Å². The number of hydrogen-bond donors (Lipinski definition) is 4. The highest BCUT2D eigenvalue weighted by Crippen LogP contribution is 2.19. The highest BCUT2D eigenvalue weighted by molar-refractivity contribution is 7.87. The van der Waals surface area contributed by atoms with Crippen molar-refractivity contribution < 1.29 is 28.2 Å². The lowest BCUT2D eigenvalue weighted by atomic mass is 10.2. The number of aliphatic carboxylic acids is 2. The van der Waals surface area contributed by atoms with Gasteiger partial charge in [-0.1, -0.05) is 0 Å². The van der Waals surface area contributed by atoms with Crippen LogP contribution in [0, 0.1) is 0 Å². The van der Waals surface area contributed by atoms with E-state index in [4.69, 9.17) is 10.2 Å². The van der Waals surface area contributed by atoms with Crippen LogP contribution in [0.5, 0.6) is 0 Å². The monoisotopic (exact) mass is 252 g/mol. The summed E-state index contributed by atoms with van der Waals surface area (Å²) in [6.07, 6.45) is 0.607. The number of carbonyl (C=O) groups is 2. The van der Waals surface area contributed by atoms with Crippen molar-refractivity contribution in [3.8, 4) is 0 Å². The zero-order valence-corrected chi connectivity index (χ0v) is 9.03. The Balaban J connectivity index is 2.58. The van der Waals surface area contributed by atoms with Crippen LogP contribution in [0.4, 0.5) is 0 Å². The zero-order valence-electron chi connectivity index (χ0n) is 8.21. The molecule has 0 aromatic heterocycles. The Morgan fingerprint density at radius 3 is 2.25 bits per heavy atom. The van der Waals surface area contributed by atoms with Crippen LogP contribution >= 0.6 is 0 Å². The van der Waals surface area contributed by atoms with Crippen molar-refractivity contribution in [1.29, 1.82) is 0 Å². The van der Waals surface area contributed by atoms with Crippen LogP contribution < -0.4 is 9.44 Å². The van der Waals surface area contributed by atoms with Gasteiger partial charge in [0.15, 0.2) is 0 Å². The Kier molecular flexibility index (Phi) is 3.83. The molecular formula is C7H12N2O6S. The lowest BCUT2D eigenvalue weighted by Gasteiger charge is -2.12. The summed E-state index contributed by atoms with van der Waals surface area (Å²) < 4.78 is 26.6. The molecule has 92 valence electrons. The Bertz CT molecular complexity index is 388. The normalized spacial score (nSPS) is 18.0. The van der Waals surface area contributed by atoms with Crippen LogP contribution in [0.2, 0.25) is 0 Å². The summed E-state index contributed by atoms with van der Waals surface area (Å²) in [6, 6.07) is -1.83. The molecule has 0 saturated heterocycles. The molecule has 0 amide bonds. The fourth-order valence-corrected chi connectivity index (χ4v) is 2.30. The van der Waals surface area contributed by atoms with Crippen molar-refractivity contribution in [2.24, 2.45) is 0 Å². The van der Waals surface area contributed by atoms with Crippen LogP contribution in [-0.2, 0) is 19.8 Å². The summed E-state index contributed by atoms with van der Waals surface area (Å²) in [5.41, 5.74) is 0. The third-order valence-corrected chi connectivity index (χ3v) is 3.11. The van der Waals surface area contributed by atoms with E-state index in [9.17, 15) is 18.0 Å². The third kappa shape index (κ3) is 4.55. The Hall–Kier alpha value is -1.19. The molecule has 0 aliphatic heterocycles. The molecule has 4 N–H and O–H groups in total. The van der Waals surface area contributed by atoms with Gasteiger partial charge in [0.2, 0.25) is 0 Å². The maximum atomic E-state index is 11.3. The van der Waals surface area contributed by atoms with E-state index in [1.165, 1.54) is 0 Å². The minimum absolute atomic E-state index is 0.170. The first kappa shape index (κ1) is 12.9.